The first-order valence-corrected chi connectivity index (χ1v) is 7.96. The average Bonchev–Trinajstić information content (AvgIpc) is 2.43. The molecule has 1 heterocycles. The van der Waals surface area contributed by atoms with Gasteiger partial charge in [0.05, 0.1) is 10.5 Å². The lowest BCUT2D eigenvalue weighted by Crippen LogP contribution is -2.17. The van der Waals surface area contributed by atoms with Crippen LogP contribution in [0, 0.1) is 0 Å². The van der Waals surface area contributed by atoms with E-state index in [1.807, 2.05) is 12.1 Å². The number of hydrogen-bond acceptors (Lipinski definition) is 2. The van der Waals surface area contributed by atoms with Crippen LogP contribution in [0.25, 0.3) is 10.9 Å². The van der Waals surface area contributed by atoms with E-state index in [1.165, 1.54) is 29.7 Å². The van der Waals surface area contributed by atoms with Gasteiger partial charge in [-0.15, -0.1) is 0 Å². The number of nitrogens with zero attached hydrogens (tertiary/aromatic N) is 1. The molecule has 3 rings (SSSR count). The summed E-state index contributed by atoms with van der Waals surface area (Å²) in [6, 6.07) is 3.74. The first-order valence-electron chi connectivity index (χ1n) is 7.20. The normalized spacial score (nSPS) is 14.6. The van der Waals surface area contributed by atoms with Gasteiger partial charge >= 0.3 is 0 Å². The summed E-state index contributed by atoms with van der Waals surface area (Å²) >= 11 is 12.6. The highest BCUT2D eigenvalue weighted by Gasteiger charge is 2.19. The van der Waals surface area contributed by atoms with E-state index in [9.17, 15) is 0 Å². The van der Waals surface area contributed by atoms with E-state index in [0.29, 0.717) is 10.0 Å². The topological polar surface area (TPSA) is 24.9 Å². The van der Waals surface area contributed by atoms with Gasteiger partial charge in [0.15, 0.2) is 0 Å². The van der Waals surface area contributed by atoms with Crippen molar-refractivity contribution in [1.82, 2.24) is 10.3 Å². The van der Waals surface area contributed by atoms with Crippen LogP contribution >= 0.6 is 23.2 Å². The summed E-state index contributed by atoms with van der Waals surface area (Å²) < 4.78 is 0. The third-order valence-corrected chi connectivity index (χ3v) is 4.46. The summed E-state index contributed by atoms with van der Waals surface area (Å²) in [5.74, 6) is 0. The van der Waals surface area contributed by atoms with Crippen molar-refractivity contribution in [2.45, 2.75) is 39.2 Å². The van der Waals surface area contributed by atoms with Crippen LogP contribution in [0.1, 0.15) is 36.6 Å². The standard InChI is InChI=1S/C16H18Cl2N2/c1-2-19-9-12-11-5-3-4-6-14(11)20-15-8-10(17)7-13(18)16(12)15/h7-8,19H,2-6,9H2,1H3. The van der Waals surface area contributed by atoms with Crippen LogP contribution in [0.2, 0.25) is 10.0 Å². The van der Waals surface area contributed by atoms with E-state index in [-0.39, 0.29) is 0 Å². The molecule has 0 saturated heterocycles. The SMILES string of the molecule is CCNCc1c2c(nc3cc(Cl)cc(Cl)c13)CCCC2. The fourth-order valence-electron chi connectivity index (χ4n) is 3.03. The molecule has 1 N–H and O–H groups in total. The third kappa shape index (κ3) is 2.52. The van der Waals surface area contributed by atoms with Crippen molar-refractivity contribution in [3.05, 3.63) is 39.0 Å². The lowest BCUT2D eigenvalue weighted by Gasteiger charge is -2.21. The van der Waals surface area contributed by atoms with Gasteiger partial charge in [-0.25, -0.2) is 0 Å². The van der Waals surface area contributed by atoms with E-state index < -0.39 is 0 Å². The number of fused-ring (bicyclic) bond motifs is 2. The summed E-state index contributed by atoms with van der Waals surface area (Å²) in [7, 11) is 0. The molecule has 0 radical (unpaired) electrons. The number of halogens is 2. The van der Waals surface area contributed by atoms with Crippen LogP contribution in [0.3, 0.4) is 0 Å². The molecule has 1 aliphatic carbocycles. The molecule has 20 heavy (non-hydrogen) atoms. The predicted molar refractivity (Wildman–Crippen MR) is 85.8 cm³/mol. The first kappa shape index (κ1) is 14.1. The Balaban J connectivity index is 2.27. The zero-order valence-electron chi connectivity index (χ0n) is 11.6. The van der Waals surface area contributed by atoms with Crippen molar-refractivity contribution in [3.63, 3.8) is 0 Å². The van der Waals surface area contributed by atoms with Crippen LogP contribution in [0.15, 0.2) is 12.1 Å². The first-order chi connectivity index (χ1) is 9.70. The fourth-order valence-corrected chi connectivity index (χ4v) is 3.62. The number of nitrogens with one attached hydrogen (secondary N) is 1. The molecule has 4 heteroatoms. The van der Waals surface area contributed by atoms with E-state index in [2.05, 4.69) is 12.2 Å². The van der Waals surface area contributed by atoms with Crippen molar-refractivity contribution >= 4 is 34.1 Å². The van der Waals surface area contributed by atoms with Crippen LogP contribution in [-0.2, 0) is 19.4 Å². The number of aromatic nitrogens is 1. The maximum atomic E-state index is 6.44. The number of aryl methyl sites for hydroxylation is 1. The second-order valence-corrected chi connectivity index (χ2v) is 6.13. The van der Waals surface area contributed by atoms with Crippen LogP contribution < -0.4 is 5.32 Å². The Kier molecular flexibility index (Phi) is 4.16. The van der Waals surface area contributed by atoms with Gasteiger partial charge in [-0.2, -0.15) is 0 Å². The second-order valence-electron chi connectivity index (χ2n) is 5.28. The minimum Gasteiger partial charge on any atom is -0.313 e. The molecule has 0 bridgehead atoms. The second kappa shape index (κ2) is 5.88. The Morgan fingerprint density at radius 1 is 1.20 bits per heavy atom. The summed E-state index contributed by atoms with van der Waals surface area (Å²) in [6.45, 7) is 3.91. The molecular formula is C16H18Cl2N2. The quantitative estimate of drug-likeness (QED) is 0.901. The van der Waals surface area contributed by atoms with Gasteiger partial charge < -0.3 is 5.32 Å². The summed E-state index contributed by atoms with van der Waals surface area (Å²) in [5, 5.41) is 5.86. The number of pyridine rings is 1. The minimum atomic E-state index is 0.653. The Morgan fingerprint density at radius 3 is 2.80 bits per heavy atom. The predicted octanol–water partition coefficient (Wildman–Crippen LogP) is 4.53. The van der Waals surface area contributed by atoms with E-state index in [4.69, 9.17) is 28.2 Å². The molecule has 1 aliphatic rings. The molecule has 0 aliphatic heterocycles. The van der Waals surface area contributed by atoms with Crippen molar-refractivity contribution in [3.8, 4) is 0 Å². The molecule has 0 fully saturated rings. The monoisotopic (exact) mass is 308 g/mol. The van der Waals surface area contributed by atoms with Gasteiger partial charge in [-0.3, -0.25) is 4.98 Å². The summed E-state index contributed by atoms with van der Waals surface area (Å²) in [5.41, 5.74) is 4.87. The highest BCUT2D eigenvalue weighted by Crippen LogP contribution is 2.35. The fraction of sp³-hybridized carbons (Fsp3) is 0.438. The summed E-state index contributed by atoms with van der Waals surface area (Å²) in [6.07, 6.45) is 4.64. The van der Waals surface area contributed by atoms with Crippen molar-refractivity contribution in [2.75, 3.05) is 6.54 Å². The van der Waals surface area contributed by atoms with Gasteiger partial charge in [0.25, 0.3) is 0 Å². The molecule has 0 saturated carbocycles. The summed E-state index contributed by atoms with van der Waals surface area (Å²) in [4.78, 5) is 4.81. The molecule has 0 unspecified atom stereocenters. The largest absolute Gasteiger partial charge is 0.313 e. The van der Waals surface area contributed by atoms with E-state index in [0.717, 1.165) is 36.8 Å². The Labute approximate surface area is 129 Å². The number of benzene rings is 1. The smallest absolute Gasteiger partial charge is 0.0738 e. The Morgan fingerprint density at radius 2 is 2.00 bits per heavy atom. The maximum absolute atomic E-state index is 6.44. The average molecular weight is 309 g/mol. The third-order valence-electron chi connectivity index (χ3n) is 3.95. The highest BCUT2D eigenvalue weighted by atomic mass is 35.5. The lowest BCUT2D eigenvalue weighted by atomic mass is 9.89. The van der Waals surface area contributed by atoms with Crippen LogP contribution in [0.5, 0.6) is 0 Å². The van der Waals surface area contributed by atoms with E-state index >= 15 is 0 Å². The molecule has 1 aromatic heterocycles. The molecule has 2 nitrogen and oxygen atoms in total. The van der Waals surface area contributed by atoms with Crippen molar-refractivity contribution in [1.29, 1.82) is 0 Å². The highest BCUT2D eigenvalue weighted by molar-refractivity contribution is 6.38. The molecule has 2 aromatic rings. The van der Waals surface area contributed by atoms with Crippen molar-refractivity contribution < 1.29 is 0 Å². The maximum Gasteiger partial charge on any atom is 0.0738 e. The molecule has 0 spiro atoms. The van der Waals surface area contributed by atoms with Crippen molar-refractivity contribution in [2.24, 2.45) is 0 Å². The molecular weight excluding hydrogens is 291 g/mol. The Bertz CT molecular complexity index is 653. The van der Waals surface area contributed by atoms with Gasteiger partial charge in [0.1, 0.15) is 0 Å². The van der Waals surface area contributed by atoms with Gasteiger partial charge in [-0.1, -0.05) is 30.1 Å². The minimum absolute atomic E-state index is 0.653. The molecule has 1 aromatic carbocycles. The number of rotatable bonds is 3. The lowest BCUT2D eigenvalue weighted by molar-refractivity contribution is 0.651. The van der Waals surface area contributed by atoms with Crippen LogP contribution in [0.4, 0.5) is 0 Å². The molecule has 0 atom stereocenters. The molecule has 0 amide bonds. The van der Waals surface area contributed by atoms with Gasteiger partial charge in [0, 0.05) is 22.6 Å². The van der Waals surface area contributed by atoms with Gasteiger partial charge in [0.2, 0.25) is 0 Å². The van der Waals surface area contributed by atoms with Gasteiger partial charge in [-0.05, 0) is 55.5 Å². The zero-order chi connectivity index (χ0) is 14.1. The zero-order valence-corrected chi connectivity index (χ0v) is 13.1. The number of hydrogen-bond donors (Lipinski definition) is 1. The Hall–Kier alpha value is -0.830. The molecule has 106 valence electrons. The van der Waals surface area contributed by atoms with Crippen LogP contribution in [-0.4, -0.2) is 11.5 Å². The van der Waals surface area contributed by atoms with E-state index in [1.54, 1.807) is 0 Å².